The molecule has 0 bridgehead atoms. The molecule has 1 heterocycles. The van der Waals surface area contributed by atoms with Gasteiger partial charge in [0.15, 0.2) is 0 Å². The molecule has 0 aromatic rings. The van der Waals surface area contributed by atoms with E-state index in [2.05, 4.69) is 5.32 Å². The fourth-order valence-corrected chi connectivity index (χ4v) is 1.25. The summed E-state index contributed by atoms with van der Waals surface area (Å²) in [4.78, 5) is 11.3. The first-order valence-corrected chi connectivity index (χ1v) is 4.13. The largest absolute Gasteiger partial charge is 0.465 e. The topological polar surface area (TPSA) is 38.3 Å². The molecule has 0 aliphatic carbocycles. The minimum Gasteiger partial charge on any atom is -0.465 e. The highest BCUT2D eigenvalue weighted by Gasteiger charge is 2.43. The predicted octanol–water partition coefficient (Wildman–Crippen LogP) is 0.549. The SMILES string of the molecule is CCOC(=O)C1(CC)CNC1. The van der Waals surface area contributed by atoms with Crippen LogP contribution in [-0.2, 0) is 9.53 Å². The number of hydrogen-bond donors (Lipinski definition) is 1. The van der Waals surface area contributed by atoms with Gasteiger partial charge in [-0.1, -0.05) is 6.92 Å². The van der Waals surface area contributed by atoms with Crippen LogP contribution in [0.4, 0.5) is 0 Å². The third kappa shape index (κ3) is 1.38. The lowest BCUT2D eigenvalue weighted by Gasteiger charge is -2.39. The highest BCUT2D eigenvalue weighted by molar-refractivity contribution is 5.78. The zero-order valence-electron chi connectivity index (χ0n) is 7.14. The molecule has 1 fully saturated rings. The first kappa shape index (κ1) is 8.53. The van der Waals surface area contributed by atoms with Crippen molar-refractivity contribution in [3.05, 3.63) is 0 Å². The summed E-state index contributed by atoms with van der Waals surface area (Å²) in [7, 11) is 0. The van der Waals surface area contributed by atoms with Gasteiger partial charge in [-0.2, -0.15) is 0 Å². The fraction of sp³-hybridized carbons (Fsp3) is 0.875. The van der Waals surface area contributed by atoms with Crippen LogP contribution in [0.5, 0.6) is 0 Å². The molecule has 0 saturated carbocycles. The van der Waals surface area contributed by atoms with Crippen molar-refractivity contribution >= 4 is 5.97 Å². The molecule has 1 aliphatic heterocycles. The summed E-state index contributed by atoms with van der Waals surface area (Å²) in [5.74, 6) is -0.0405. The molecule has 11 heavy (non-hydrogen) atoms. The number of carbonyl (C=O) groups excluding carboxylic acids is 1. The normalized spacial score (nSPS) is 20.5. The first-order valence-electron chi connectivity index (χ1n) is 4.13. The van der Waals surface area contributed by atoms with Crippen LogP contribution in [0, 0.1) is 5.41 Å². The lowest BCUT2D eigenvalue weighted by Crippen LogP contribution is -2.58. The van der Waals surface area contributed by atoms with Crippen LogP contribution in [0.25, 0.3) is 0 Å². The summed E-state index contributed by atoms with van der Waals surface area (Å²) in [5, 5.41) is 3.09. The Kier molecular flexibility index (Phi) is 2.49. The van der Waals surface area contributed by atoms with Gasteiger partial charge in [-0.3, -0.25) is 4.79 Å². The van der Waals surface area contributed by atoms with E-state index >= 15 is 0 Å². The number of nitrogens with one attached hydrogen (secondary N) is 1. The lowest BCUT2D eigenvalue weighted by atomic mass is 9.79. The van der Waals surface area contributed by atoms with Crippen LogP contribution in [0.2, 0.25) is 0 Å². The van der Waals surface area contributed by atoms with E-state index in [0.717, 1.165) is 19.5 Å². The van der Waals surface area contributed by atoms with Gasteiger partial charge in [0.05, 0.1) is 12.0 Å². The van der Waals surface area contributed by atoms with Crippen molar-refractivity contribution in [2.24, 2.45) is 5.41 Å². The van der Waals surface area contributed by atoms with Crippen LogP contribution in [0.1, 0.15) is 20.3 Å². The second kappa shape index (κ2) is 3.22. The Labute approximate surface area is 67.1 Å². The van der Waals surface area contributed by atoms with Gasteiger partial charge in [-0.05, 0) is 13.3 Å². The van der Waals surface area contributed by atoms with E-state index in [1.165, 1.54) is 0 Å². The molecule has 1 N–H and O–H groups in total. The average Bonchev–Trinajstić information content (AvgIpc) is 1.87. The van der Waals surface area contributed by atoms with Crippen molar-refractivity contribution in [2.75, 3.05) is 19.7 Å². The smallest absolute Gasteiger partial charge is 0.314 e. The third-order valence-electron chi connectivity index (χ3n) is 2.31. The zero-order valence-corrected chi connectivity index (χ0v) is 7.14. The fourth-order valence-electron chi connectivity index (χ4n) is 1.25. The number of hydrogen-bond acceptors (Lipinski definition) is 3. The van der Waals surface area contributed by atoms with Gasteiger partial charge in [0, 0.05) is 13.1 Å². The van der Waals surface area contributed by atoms with E-state index in [0.29, 0.717) is 6.61 Å². The Morgan fingerprint density at radius 2 is 2.18 bits per heavy atom. The molecule has 3 heteroatoms. The molecule has 0 spiro atoms. The third-order valence-corrected chi connectivity index (χ3v) is 2.31. The molecule has 0 aromatic heterocycles. The number of rotatable bonds is 3. The monoisotopic (exact) mass is 157 g/mol. The molecule has 1 aliphatic rings. The van der Waals surface area contributed by atoms with Crippen molar-refractivity contribution < 1.29 is 9.53 Å². The molecule has 0 radical (unpaired) electrons. The van der Waals surface area contributed by atoms with Crippen molar-refractivity contribution in [1.82, 2.24) is 5.32 Å². The Hall–Kier alpha value is -0.570. The summed E-state index contributed by atoms with van der Waals surface area (Å²) in [6, 6.07) is 0. The maximum absolute atomic E-state index is 11.3. The minimum absolute atomic E-state index is 0.0405. The van der Waals surface area contributed by atoms with Crippen LogP contribution >= 0.6 is 0 Å². The van der Waals surface area contributed by atoms with E-state index in [1.807, 2.05) is 13.8 Å². The van der Waals surface area contributed by atoms with E-state index < -0.39 is 0 Å². The Bertz CT molecular complexity index is 147. The summed E-state index contributed by atoms with van der Waals surface area (Å²) < 4.78 is 4.96. The number of carbonyl (C=O) groups is 1. The van der Waals surface area contributed by atoms with Gasteiger partial charge in [-0.25, -0.2) is 0 Å². The van der Waals surface area contributed by atoms with E-state index in [1.54, 1.807) is 0 Å². The Balaban J connectivity index is 2.47. The second-order valence-electron chi connectivity index (χ2n) is 2.96. The Morgan fingerprint density at radius 1 is 1.55 bits per heavy atom. The van der Waals surface area contributed by atoms with Gasteiger partial charge in [0.1, 0.15) is 0 Å². The predicted molar refractivity (Wildman–Crippen MR) is 42.2 cm³/mol. The van der Waals surface area contributed by atoms with Crippen LogP contribution in [0.3, 0.4) is 0 Å². The van der Waals surface area contributed by atoms with E-state index in [-0.39, 0.29) is 11.4 Å². The summed E-state index contributed by atoms with van der Waals surface area (Å²) in [6.07, 6.45) is 0.874. The molecule has 1 saturated heterocycles. The molecular weight excluding hydrogens is 142 g/mol. The number of esters is 1. The quantitative estimate of drug-likeness (QED) is 0.608. The molecule has 0 atom stereocenters. The highest BCUT2D eigenvalue weighted by Crippen LogP contribution is 2.27. The van der Waals surface area contributed by atoms with Crippen molar-refractivity contribution in [3.63, 3.8) is 0 Å². The van der Waals surface area contributed by atoms with Crippen LogP contribution in [-0.4, -0.2) is 25.7 Å². The van der Waals surface area contributed by atoms with Gasteiger partial charge in [0.25, 0.3) is 0 Å². The standard InChI is InChI=1S/C8H15NO2/c1-3-8(5-9-6-8)7(10)11-4-2/h9H,3-6H2,1-2H3. The maximum Gasteiger partial charge on any atom is 0.314 e. The Morgan fingerprint density at radius 3 is 2.45 bits per heavy atom. The van der Waals surface area contributed by atoms with Gasteiger partial charge in [-0.15, -0.1) is 0 Å². The first-order chi connectivity index (χ1) is 5.25. The van der Waals surface area contributed by atoms with Crippen molar-refractivity contribution in [3.8, 4) is 0 Å². The van der Waals surface area contributed by atoms with E-state index in [9.17, 15) is 4.79 Å². The van der Waals surface area contributed by atoms with Gasteiger partial charge in [0.2, 0.25) is 0 Å². The summed E-state index contributed by atoms with van der Waals surface area (Å²) >= 11 is 0. The average molecular weight is 157 g/mol. The minimum atomic E-state index is -0.198. The number of ether oxygens (including phenoxy) is 1. The lowest BCUT2D eigenvalue weighted by molar-refractivity contribution is -0.159. The molecule has 1 rings (SSSR count). The molecule has 3 nitrogen and oxygen atoms in total. The van der Waals surface area contributed by atoms with Crippen molar-refractivity contribution in [2.45, 2.75) is 20.3 Å². The molecular formula is C8H15NO2. The van der Waals surface area contributed by atoms with Crippen LogP contribution < -0.4 is 5.32 Å². The molecule has 0 amide bonds. The summed E-state index contributed by atoms with van der Waals surface area (Å²) in [5.41, 5.74) is -0.198. The van der Waals surface area contributed by atoms with Gasteiger partial charge < -0.3 is 10.1 Å². The second-order valence-corrected chi connectivity index (χ2v) is 2.96. The zero-order chi connectivity index (χ0) is 8.32. The van der Waals surface area contributed by atoms with Crippen LogP contribution in [0.15, 0.2) is 0 Å². The summed E-state index contributed by atoms with van der Waals surface area (Å²) in [6.45, 7) is 5.91. The molecule has 0 unspecified atom stereocenters. The molecule has 0 aromatic carbocycles. The van der Waals surface area contributed by atoms with Crippen molar-refractivity contribution in [1.29, 1.82) is 0 Å². The maximum atomic E-state index is 11.3. The highest BCUT2D eigenvalue weighted by atomic mass is 16.5. The van der Waals surface area contributed by atoms with Gasteiger partial charge >= 0.3 is 5.97 Å². The van der Waals surface area contributed by atoms with E-state index in [4.69, 9.17) is 4.74 Å². The molecule has 64 valence electrons.